The largest absolute Gasteiger partial charge is 0.506 e. The highest BCUT2D eigenvalue weighted by Gasteiger charge is 2.17. The number of rotatable bonds is 3. The number of hydrogen-bond acceptors (Lipinski definition) is 4. The van der Waals surface area contributed by atoms with Crippen LogP contribution in [0.5, 0.6) is 5.75 Å². The zero-order chi connectivity index (χ0) is 12.4. The Morgan fingerprint density at radius 1 is 1.35 bits per heavy atom. The predicted molar refractivity (Wildman–Crippen MR) is 64.7 cm³/mol. The van der Waals surface area contributed by atoms with Crippen LogP contribution >= 0.6 is 0 Å². The van der Waals surface area contributed by atoms with Gasteiger partial charge in [0.15, 0.2) is 5.82 Å². The number of aromatic nitrogens is 4. The molecule has 0 saturated carbocycles. The number of hydrogen-bond donors (Lipinski definition) is 1. The highest BCUT2D eigenvalue weighted by atomic mass is 16.3. The number of aromatic hydroxyl groups is 1. The minimum Gasteiger partial charge on any atom is -0.506 e. The third-order valence-electron chi connectivity index (χ3n) is 2.65. The average molecular weight is 232 g/mol. The van der Waals surface area contributed by atoms with Gasteiger partial charge < -0.3 is 9.67 Å². The lowest BCUT2D eigenvalue weighted by atomic mass is 10.2. The van der Waals surface area contributed by atoms with E-state index in [2.05, 4.69) is 29.0 Å². The average Bonchev–Trinajstić information content (AvgIpc) is 2.73. The van der Waals surface area contributed by atoms with Crippen molar-refractivity contribution >= 4 is 0 Å². The van der Waals surface area contributed by atoms with Gasteiger partial charge in [0.1, 0.15) is 11.6 Å². The van der Waals surface area contributed by atoms with E-state index in [9.17, 15) is 5.11 Å². The summed E-state index contributed by atoms with van der Waals surface area (Å²) in [7, 11) is 0. The van der Waals surface area contributed by atoms with E-state index in [0.29, 0.717) is 17.3 Å². The summed E-state index contributed by atoms with van der Waals surface area (Å²) in [5, 5.41) is 18.1. The fourth-order valence-corrected chi connectivity index (χ4v) is 1.83. The molecule has 0 spiro atoms. The fourth-order valence-electron chi connectivity index (χ4n) is 1.83. The maximum Gasteiger partial charge on any atom is 0.167 e. The molecule has 0 aliphatic heterocycles. The molecule has 5 nitrogen and oxygen atoms in total. The van der Waals surface area contributed by atoms with Crippen molar-refractivity contribution in [2.24, 2.45) is 0 Å². The van der Waals surface area contributed by atoms with Gasteiger partial charge in [-0.05, 0) is 13.0 Å². The first-order valence-electron chi connectivity index (χ1n) is 5.71. The normalized spacial score (nSPS) is 11.1. The van der Waals surface area contributed by atoms with Crippen LogP contribution in [0, 0.1) is 0 Å². The summed E-state index contributed by atoms with van der Waals surface area (Å²) in [5.41, 5.74) is 0.668. The molecule has 0 fully saturated rings. The Kier molecular flexibility index (Phi) is 3.08. The topological polar surface area (TPSA) is 63.8 Å². The molecular formula is C12H16N4O. The quantitative estimate of drug-likeness (QED) is 0.881. The van der Waals surface area contributed by atoms with Crippen molar-refractivity contribution in [1.29, 1.82) is 0 Å². The predicted octanol–water partition coefficient (Wildman–Crippen LogP) is 2.19. The standard InChI is InChI=1S/C12H16N4O/c1-4-16-11(8(2)3)14-15-12(16)9-5-6-13-7-10(9)17/h5-8,17H,4H2,1-3H3. The zero-order valence-electron chi connectivity index (χ0n) is 10.3. The van der Waals surface area contributed by atoms with Crippen LogP contribution in [-0.4, -0.2) is 24.9 Å². The minimum absolute atomic E-state index is 0.130. The molecule has 0 amide bonds. The summed E-state index contributed by atoms with van der Waals surface area (Å²) in [4.78, 5) is 3.86. The lowest BCUT2D eigenvalue weighted by Gasteiger charge is -2.10. The van der Waals surface area contributed by atoms with E-state index in [4.69, 9.17) is 0 Å². The van der Waals surface area contributed by atoms with E-state index in [0.717, 1.165) is 12.4 Å². The summed E-state index contributed by atoms with van der Waals surface area (Å²) in [6.45, 7) is 6.97. The molecule has 2 aromatic heterocycles. The van der Waals surface area contributed by atoms with Gasteiger partial charge in [0, 0.05) is 18.7 Å². The molecule has 2 rings (SSSR count). The Balaban J connectivity index is 2.57. The Labute approximate surface area is 100 Å². The molecule has 5 heteroatoms. The van der Waals surface area contributed by atoms with Gasteiger partial charge >= 0.3 is 0 Å². The molecule has 0 unspecified atom stereocenters. The van der Waals surface area contributed by atoms with Gasteiger partial charge in [-0.25, -0.2) is 0 Å². The summed E-state index contributed by atoms with van der Waals surface area (Å²) in [6, 6.07) is 1.75. The molecule has 1 N–H and O–H groups in total. The van der Waals surface area contributed by atoms with Crippen LogP contribution in [-0.2, 0) is 6.54 Å². The molecule has 2 aromatic rings. The van der Waals surface area contributed by atoms with E-state index < -0.39 is 0 Å². The smallest absolute Gasteiger partial charge is 0.167 e. The monoisotopic (exact) mass is 232 g/mol. The molecule has 2 heterocycles. The van der Waals surface area contributed by atoms with Crippen LogP contribution in [0.15, 0.2) is 18.5 Å². The lowest BCUT2D eigenvalue weighted by molar-refractivity contribution is 0.473. The Hall–Kier alpha value is -1.91. The molecular weight excluding hydrogens is 216 g/mol. The molecule has 17 heavy (non-hydrogen) atoms. The van der Waals surface area contributed by atoms with Gasteiger partial charge in [-0.15, -0.1) is 10.2 Å². The molecule has 0 bridgehead atoms. The maximum atomic E-state index is 9.79. The van der Waals surface area contributed by atoms with Gasteiger partial charge in [0.05, 0.1) is 11.8 Å². The molecule has 0 aromatic carbocycles. The summed E-state index contributed by atoms with van der Waals surface area (Å²) in [6.07, 6.45) is 3.05. The third-order valence-corrected chi connectivity index (χ3v) is 2.65. The number of pyridine rings is 1. The van der Waals surface area contributed by atoms with Gasteiger partial charge in [-0.1, -0.05) is 13.8 Å². The second kappa shape index (κ2) is 4.53. The SMILES string of the molecule is CCn1c(-c2ccncc2O)nnc1C(C)C. The molecule has 0 aliphatic carbocycles. The van der Waals surface area contributed by atoms with Crippen LogP contribution in [0.3, 0.4) is 0 Å². The second-order valence-electron chi connectivity index (χ2n) is 4.17. The highest BCUT2D eigenvalue weighted by molar-refractivity contribution is 5.62. The van der Waals surface area contributed by atoms with Crippen LogP contribution in [0.1, 0.15) is 32.5 Å². The van der Waals surface area contributed by atoms with Crippen molar-refractivity contribution in [2.75, 3.05) is 0 Å². The van der Waals surface area contributed by atoms with Crippen LogP contribution < -0.4 is 0 Å². The Bertz CT molecular complexity index is 519. The van der Waals surface area contributed by atoms with Crippen LogP contribution in [0.25, 0.3) is 11.4 Å². The van der Waals surface area contributed by atoms with Gasteiger partial charge in [0.25, 0.3) is 0 Å². The molecule has 0 aliphatic rings. The first-order valence-corrected chi connectivity index (χ1v) is 5.71. The summed E-state index contributed by atoms with van der Waals surface area (Å²) in [5.74, 6) is 2.06. The Morgan fingerprint density at radius 2 is 2.12 bits per heavy atom. The van der Waals surface area contributed by atoms with Crippen LogP contribution in [0.2, 0.25) is 0 Å². The van der Waals surface area contributed by atoms with E-state index in [-0.39, 0.29) is 5.75 Å². The summed E-state index contributed by atoms with van der Waals surface area (Å²) < 4.78 is 2.01. The lowest BCUT2D eigenvalue weighted by Crippen LogP contribution is -2.05. The van der Waals surface area contributed by atoms with Crippen molar-refractivity contribution in [3.63, 3.8) is 0 Å². The Morgan fingerprint density at radius 3 is 2.71 bits per heavy atom. The second-order valence-corrected chi connectivity index (χ2v) is 4.17. The highest BCUT2D eigenvalue weighted by Crippen LogP contribution is 2.28. The van der Waals surface area contributed by atoms with E-state index in [1.165, 1.54) is 6.20 Å². The van der Waals surface area contributed by atoms with E-state index >= 15 is 0 Å². The minimum atomic E-state index is 0.130. The zero-order valence-corrected chi connectivity index (χ0v) is 10.3. The third kappa shape index (κ3) is 2.00. The maximum absolute atomic E-state index is 9.79. The first kappa shape index (κ1) is 11.6. The van der Waals surface area contributed by atoms with Crippen molar-refractivity contribution in [2.45, 2.75) is 33.2 Å². The first-order chi connectivity index (χ1) is 8.15. The van der Waals surface area contributed by atoms with E-state index in [1.54, 1.807) is 12.3 Å². The molecule has 90 valence electrons. The molecule has 0 radical (unpaired) electrons. The van der Waals surface area contributed by atoms with Crippen LogP contribution in [0.4, 0.5) is 0 Å². The molecule has 0 saturated heterocycles. The van der Waals surface area contributed by atoms with Crippen molar-refractivity contribution < 1.29 is 5.11 Å². The molecule has 0 atom stereocenters. The number of nitrogens with zero attached hydrogens (tertiary/aromatic N) is 4. The van der Waals surface area contributed by atoms with Gasteiger partial charge in [0.2, 0.25) is 0 Å². The van der Waals surface area contributed by atoms with Crippen molar-refractivity contribution in [3.8, 4) is 17.1 Å². The van der Waals surface area contributed by atoms with E-state index in [1.807, 2.05) is 11.5 Å². The summed E-state index contributed by atoms with van der Waals surface area (Å²) >= 11 is 0. The van der Waals surface area contributed by atoms with Gasteiger partial charge in [-0.3, -0.25) is 4.98 Å². The van der Waals surface area contributed by atoms with Gasteiger partial charge in [-0.2, -0.15) is 0 Å². The van der Waals surface area contributed by atoms with Crippen molar-refractivity contribution in [1.82, 2.24) is 19.7 Å². The fraction of sp³-hybridized carbons (Fsp3) is 0.417. The van der Waals surface area contributed by atoms with Crippen molar-refractivity contribution in [3.05, 3.63) is 24.3 Å².